The Morgan fingerprint density at radius 1 is 1.19 bits per heavy atom. The summed E-state index contributed by atoms with van der Waals surface area (Å²) in [5.74, 6) is -1.98. The molecule has 2 amide bonds. The van der Waals surface area contributed by atoms with Gasteiger partial charge in [0.15, 0.2) is 18.1 Å². The lowest BCUT2D eigenvalue weighted by Crippen LogP contribution is -2.47. The van der Waals surface area contributed by atoms with E-state index in [1.54, 1.807) is 24.3 Å². The van der Waals surface area contributed by atoms with Crippen molar-refractivity contribution in [3.63, 3.8) is 0 Å². The Hall–Kier alpha value is -3.26. The van der Waals surface area contributed by atoms with Crippen molar-refractivity contribution < 1.29 is 33.7 Å². The molecule has 0 spiro atoms. The number of nitrogens with one attached hydrogen (secondary N) is 1. The van der Waals surface area contributed by atoms with Crippen molar-refractivity contribution in [1.82, 2.24) is 5.32 Å². The number of hydrogen-bond donors (Lipinski definition) is 2. The van der Waals surface area contributed by atoms with Crippen LogP contribution in [0.3, 0.4) is 0 Å². The Bertz CT molecular complexity index is 899. The van der Waals surface area contributed by atoms with Crippen LogP contribution in [0.1, 0.15) is 10.4 Å². The van der Waals surface area contributed by atoms with Crippen LogP contribution in [-0.2, 0) is 14.3 Å². The zero-order valence-corrected chi connectivity index (χ0v) is 14.6. The number of para-hydroxylation sites is 2. The third kappa shape index (κ3) is 4.48. The Kier molecular flexibility index (Phi) is 5.46. The molecule has 0 aliphatic carbocycles. The van der Waals surface area contributed by atoms with Gasteiger partial charge in [-0.15, -0.1) is 0 Å². The molecule has 0 saturated carbocycles. The van der Waals surface area contributed by atoms with Crippen molar-refractivity contribution in [2.24, 2.45) is 0 Å². The first-order valence-electron chi connectivity index (χ1n) is 7.82. The van der Waals surface area contributed by atoms with Crippen LogP contribution in [0.5, 0.6) is 17.2 Å². The molecular weight excluding hydrogens is 378 g/mol. The molecule has 0 bridgehead atoms. The van der Waals surface area contributed by atoms with Gasteiger partial charge >= 0.3 is 5.97 Å². The number of hydrogen-bond acceptors (Lipinski definition) is 7. The van der Waals surface area contributed by atoms with Gasteiger partial charge in [-0.25, -0.2) is 4.79 Å². The maximum absolute atomic E-state index is 12.1. The molecule has 1 aliphatic rings. The third-order valence-electron chi connectivity index (χ3n) is 3.58. The lowest BCUT2D eigenvalue weighted by atomic mass is 10.2. The summed E-state index contributed by atoms with van der Waals surface area (Å²) in [5.41, 5.74) is -0.154. The van der Waals surface area contributed by atoms with Gasteiger partial charge < -0.3 is 19.3 Å². The van der Waals surface area contributed by atoms with Crippen LogP contribution in [-0.4, -0.2) is 42.2 Å². The molecule has 0 saturated heterocycles. The smallest absolute Gasteiger partial charge is 0.342 e. The number of imide groups is 1. The summed E-state index contributed by atoms with van der Waals surface area (Å²) >= 11 is 5.68. The average molecular weight is 392 g/mol. The van der Waals surface area contributed by atoms with Crippen LogP contribution < -0.4 is 14.8 Å². The molecule has 1 atom stereocenters. The lowest BCUT2D eigenvalue weighted by molar-refractivity contribution is -0.137. The van der Waals surface area contributed by atoms with Crippen LogP contribution in [0.4, 0.5) is 0 Å². The second-order valence-corrected chi connectivity index (χ2v) is 5.95. The molecule has 9 heteroatoms. The summed E-state index contributed by atoms with van der Waals surface area (Å²) in [4.78, 5) is 35.8. The summed E-state index contributed by atoms with van der Waals surface area (Å²) in [7, 11) is 0. The van der Waals surface area contributed by atoms with Crippen molar-refractivity contribution in [1.29, 1.82) is 0 Å². The third-order valence-corrected chi connectivity index (χ3v) is 3.81. The molecule has 1 aliphatic heterocycles. The molecule has 2 N–H and O–H groups in total. The molecule has 27 heavy (non-hydrogen) atoms. The SMILES string of the molecule is O=C(COC(=O)c1ccc(Cl)cc1O)NC(=O)[C@H]1COc2ccccc2O1. The van der Waals surface area contributed by atoms with Crippen LogP contribution in [0.15, 0.2) is 42.5 Å². The van der Waals surface area contributed by atoms with E-state index in [2.05, 4.69) is 5.32 Å². The fraction of sp³-hybridized carbons (Fsp3) is 0.167. The first kappa shape index (κ1) is 18.5. The number of ether oxygens (including phenoxy) is 3. The van der Waals surface area contributed by atoms with E-state index in [0.717, 1.165) is 0 Å². The quantitative estimate of drug-likeness (QED) is 0.763. The van der Waals surface area contributed by atoms with Crippen LogP contribution in [0.2, 0.25) is 5.02 Å². The fourth-order valence-electron chi connectivity index (χ4n) is 2.29. The van der Waals surface area contributed by atoms with Gasteiger partial charge in [-0.05, 0) is 30.3 Å². The largest absolute Gasteiger partial charge is 0.507 e. The minimum Gasteiger partial charge on any atom is -0.507 e. The first-order chi connectivity index (χ1) is 12.9. The van der Waals surface area contributed by atoms with Gasteiger partial charge in [-0.1, -0.05) is 23.7 Å². The van der Waals surface area contributed by atoms with Gasteiger partial charge in [0.1, 0.15) is 17.9 Å². The molecular formula is C18H14ClNO7. The number of rotatable bonds is 4. The Labute approximate surface area is 158 Å². The number of aromatic hydroxyl groups is 1. The highest BCUT2D eigenvalue weighted by molar-refractivity contribution is 6.30. The van der Waals surface area contributed by atoms with E-state index in [-0.39, 0.29) is 22.9 Å². The van der Waals surface area contributed by atoms with Gasteiger partial charge in [0.25, 0.3) is 11.8 Å². The predicted octanol–water partition coefficient (Wildman–Crippen LogP) is 1.69. The molecule has 2 aromatic carbocycles. The predicted molar refractivity (Wildman–Crippen MR) is 92.9 cm³/mol. The number of carbonyl (C=O) groups is 3. The standard InChI is InChI=1S/C18H14ClNO7/c19-10-5-6-11(12(21)7-10)18(24)26-9-16(22)20-17(23)15-8-25-13-3-1-2-4-14(13)27-15/h1-7,15,21H,8-9H2,(H,20,22,23)/t15-/m1/s1. The molecule has 0 aromatic heterocycles. The normalized spacial score (nSPS) is 14.9. The highest BCUT2D eigenvalue weighted by atomic mass is 35.5. The Morgan fingerprint density at radius 2 is 1.93 bits per heavy atom. The fourth-order valence-corrected chi connectivity index (χ4v) is 2.46. The number of phenolic OH excluding ortho intramolecular Hbond substituents is 1. The monoisotopic (exact) mass is 391 g/mol. The molecule has 140 valence electrons. The van der Waals surface area contributed by atoms with Crippen LogP contribution in [0, 0.1) is 0 Å². The van der Waals surface area contributed by atoms with Crippen LogP contribution >= 0.6 is 11.6 Å². The first-order valence-corrected chi connectivity index (χ1v) is 8.19. The number of carbonyl (C=O) groups excluding carboxylic acids is 3. The molecule has 1 heterocycles. The number of phenols is 1. The summed E-state index contributed by atoms with van der Waals surface area (Å²) in [6.45, 7) is -0.772. The van der Waals surface area contributed by atoms with Crippen molar-refractivity contribution in [3.8, 4) is 17.2 Å². The minimum absolute atomic E-state index is 0.0610. The maximum atomic E-state index is 12.1. The molecule has 3 rings (SSSR count). The molecule has 8 nitrogen and oxygen atoms in total. The number of halogens is 1. The van der Waals surface area contributed by atoms with Gasteiger partial charge in [0.05, 0.1) is 0 Å². The summed E-state index contributed by atoms with van der Waals surface area (Å²) in [5, 5.41) is 12.0. The molecule has 0 unspecified atom stereocenters. The molecule has 0 fully saturated rings. The minimum atomic E-state index is -1.01. The van der Waals surface area contributed by atoms with Crippen molar-refractivity contribution in [3.05, 3.63) is 53.1 Å². The second kappa shape index (κ2) is 7.96. The number of amides is 2. The highest BCUT2D eigenvalue weighted by Gasteiger charge is 2.28. The molecule has 0 radical (unpaired) electrons. The van der Waals surface area contributed by atoms with E-state index in [4.69, 9.17) is 25.8 Å². The maximum Gasteiger partial charge on any atom is 0.342 e. The van der Waals surface area contributed by atoms with Gasteiger partial charge in [-0.2, -0.15) is 0 Å². The van der Waals surface area contributed by atoms with Crippen molar-refractivity contribution in [2.75, 3.05) is 13.2 Å². The summed E-state index contributed by atoms with van der Waals surface area (Å²) in [6, 6.07) is 10.6. The average Bonchev–Trinajstić information content (AvgIpc) is 2.65. The molecule has 2 aromatic rings. The Balaban J connectivity index is 1.50. The van der Waals surface area contributed by atoms with E-state index < -0.39 is 30.5 Å². The van der Waals surface area contributed by atoms with Crippen molar-refractivity contribution in [2.45, 2.75) is 6.10 Å². The highest BCUT2D eigenvalue weighted by Crippen LogP contribution is 2.30. The number of benzene rings is 2. The van der Waals surface area contributed by atoms with E-state index in [1.807, 2.05) is 0 Å². The van der Waals surface area contributed by atoms with Gasteiger partial charge in [0, 0.05) is 5.02 Å². The zero-order valence-electron chi connectivity index (χ0n) is 13.8. The lowest BCUT2D eigenvalue weighted by Gasteiger charge is -2.25. The van der Waals surface area contributed by atoms with E-state index in [0.29, 0.717) is 11.5 Å². The summed E-state index contributed by atoms with van der Waals surface area (Å²) in [6.07, 6.45) is -1.01. The zero-order chi connectivity index (χ0) is 19.4. The van der Waals surface area contributed by atoms with Crippen LogP contribution in [0.25, 0.3) is 0 Å². The van der Waals surface area contributed by atoms with E-state index in [1.165, 1.54) is 18.2 Å². The number of fused-ring (bicyclic) bond motifs is 1. The topological polar surface area (TPSA) is 111 Å². The van der Waals surface area contributed by atoms with E-state index >= 15 is 0 Å². The van der Waals surface area contributed by atoms with Gasteiger partial charge in [0.2, 0.25) is 6.10 Å². The summed E-state index contributed by atoms with van der Waals surface area (Å²) < 4.78 is 15.6. The Morgan fingerprint density at radius 3 is 2.67 bits per heavy atom. The number of esters is 1. The van der Waals surface area contributed by atoms with Gasteiger partial charge in [-0.3, -0.25) is 14.9 Å². The van der Waals surface area contributed by atoms with Crippen molar-refractivity contribution >= 4 is 29.4 Å². The van der Waals surface area contributed by atoms with E-state index in [9.17, 15) is 19.5 Å². The second-order valence-electron chi connectivity index (χ2n) is 5.51.